The minimum Gasteiger partial charge on any atom is -0.481 e. The highest BCUT2D eigenvalue weighted by Crippen LogP contribution is 2.28. The molecular formula is C18H23NO3. The van der Waals surface area contributed by atoms with Gasteiger partial charge in [-0.05, 0) is 49.1 Å². The number of aliphatic carboxylic acids is 1. The van der Waals surface area contributed by atoms with Crippen molar-refractivity contribution in [2.24, 2.45) is 11.8 Å². The summed E-state index contributed by atoms with van der Waals surface area (Å²) in [6.45, 7) is 1.10. The highest BCUT2D eigenvalue weighted by molar-refractivity contribution is 5.78. The maximum atomic E-state index is 12.5. The van der Waals surface area contributed by atoms with E-state index in [1.807, 2.05) is 0 Å². The summed E-state index contributed by atoms with van der Waals surface area (Å²) in [6.07, 6.45) is 5.12. The highest BCUT2D eigenvalue weighted by Gasteiger charge is 2.29. The Morgan fingerprint density at radius 2 is 1.95 bits per heavy atom. The fourth-order valence-corrected chi connectivity index (χ4v) is 3.73. The van der Waals surface area contributed by atoms with Crippen molar-refractivity contribution < 1.29 is 14.7 Å². The SMILES string of the molecule is O=C(O)[C@@H]1CCCN(C(=O)C[C@@H]2CCc3ccccc3C2)C1. The Balaban J connectivity index is 1.57. The van der Waals surface area contributed by atoms with Gasteiger partial charge in [0.15, 0.2) is 0 Å². The first-order valence-electron chi connectivity index (χ1n) is 8.21. The molecule has 1 amide bonds. The van der Waals surface area contributed by atoms with Gasteiger partial charge in [-0.3, -0.25) is 9.59 Å². The zero-order valence-corrected chi connectivity index (χ0v) is 12.8. The lowest BCUT2D eigenvalue weighted by molar-refractivity contribution is -0.145. The number of nitrogens with zero attached hydrogens (tertiary/aromatic N) is 1. The molecule has 0 aromatic heterocycles. The molecule has 118 valence electrons. The summed E-state index contributed by atoms with van der Waals surface area (Å²) >= 11 is 0. The molecule has 0 saturated carbocycles. The summed E-state index contributed by atoms with van der Waals surface area (Å²) in [5.74, 6) is -0.628. The topological polar surface area (TPSA) is 57.6 Å². The van der Waals surface area contributed by atoms with E-state index in [0.29, 0.717) is 31.8 Å². The number of hydrogen-bond donors (Lipinski definition) is 1. The number of likely N-dealkylation sites (tertiary alicyclic amines) is 1. The summed E-state index contributed by atoms with van der Waals surface area (Å²) in [4.78, 5) is 25.4. The molecule has 22 heavy (non-hydrogen) atoms. The number of rotatable bonds is 3. The van der Waals surface area contributed by atoms with Crippen LogP contribution in [0.1, 0.15) is 36.8 Å². The summed E-state index contributed by atoms with van der Waals surface area (Å²) in [6, 6.07) is 8.47. The Bertz CT molecular complexity index is 569. The molecule has 0 unspecified atom stereocenters. The molecular weight excluding hydrogens is 278 g/mol. The molecule has 1 N–H and O–H groups in total. The van der Waals surface area contributed by atoms with Gasteiger partial charge in [0.05, 0.1) is 5.92 Å². The third-order valence-electron chi connectivity index (χ3n) is 5.04. The van der Waals surface area contributed by atoms with E-state index in [0.717, 1.165) is 25.7 Å². The standard InChI is InChI=1S/C18H23NO3/c20-17(19-9-3-6-16(12-19)18(21)22)11-13-7-8-14-4-1-2-5-15(14)10-13/h1-2,4-5,13,16H,3,6-12H2,(H,21,22)/t13-,16-/m1/s1. The number of fused-ring (bicyclic) bond motifs is 1. The van der Waals surface area contributed by atoms with Crippen molar-refractivity contribution in [3.8, 4) is 0 Å². The molecule has 0 radical (unpaired) electrons. The lowest BCUT2D eigenvalue weighted by atomic mass is 9.82. The lowest BCUT2D eigenvalue weighted by Crippen LogP contribution is -2.43. The number of amides is 1. The molecule has 1 heterocycles. The van der Waals surface area contributed by atoms with Crippen LogP contribution in [0.3, 0.4) is 0 Å². The molecule has 1 aliphatic heterocycles. The lowest BCUT2D eigenvalue weighted by Gasteiger charge is -2.32. The van der Waals surface area contributed by atoms with Crippen molar-refractivity contribution >= 4 is 11.9 Å². The van der Waals surface area contributed by atoms with Crippen LogP contribution in [0.15, 0.2) is 24.3 Å². The van der Waals surface area contributed by atoms with Crippen LogP contribution >= 0.6 is 0 Å². The minimum atomic E-state index is -0.774. The zero-order valence-electron chi connectivity index (χ0n) is 12.8. The first-order valence-corrected chi connectivity index (χ1v) is 8.21. The normalized spacial score (nSPS) is 24.6. The number of carbonyl (C=O) groups excluding carboxylic acids is 1. The Kier molecular flexibility index (Phi) is 4.46. The Labute approximate surface area is 131 Å². The molecule has 3 rings (SSSR count). The van der Waals surface area contributed by atoms with Crippen LogP contribution in [0.5, 0.6) is 0 Å². The van der Waals surface area contributed by atoms with E-state index >= 15 is 0 Å². The van der Waals surface area contributed by atoms with Gasteiger partial charge in [-0.2, -0.15) is 0 Å². The number of carboxylic acids is 1. The second kappa shape index (κ2) is 6.51. The fraction of sp³-hybridized carbons (Fsp3) is 0.556. The monoisotopic (exact) mass is 301 g/mol. The van der Waals surface area contributed by atoms with Crippen molar-refractivity contribution in [2.45, 2.75) is 38.5 Å². The first-order chi connectivity index (χ1) is 10.6. The van der Waals surface area contributed by atoms with Gasteiger partial charge in [-0.15, -0.1) is 0 Å². The number of carbonyl (C=O) groups is 2. The van der Waals surface area contributed by atoms with Gasteiger partial charge in [0.2, 0.25) is 5.91 Å². The first kappa shape index (κ1) is 15.1. The fourth-order valence-electron chi connectivity index (χ4n) is 3.73. The molecule has 4 heteroatoms. The van der Waals surface area contributed by atoms with E-state index < -0.39 is 5.97 Å². The molecule has 4 nitrogen and oxygen atoms in total. The molecule has 2 aliphatic rings. The minimum absolute atomic E-state index is 0.135. The maximum absolute atomic E-state index is 12.5. The largest absolute Gasteiger partial charge is 0.481 e. The smallest absolute Gasteiger partial charge is 0.308 e. The number of aryl methyl sites for hydroxylation is 1. The quantitative estimate of drug-likeness (QED) is 0.933. The van der Waals surface area contributed by atoms with Gasteiger partial charge < -0.3 is 10.0 Å². The third-order valence-corrected chi connectivity index (χ3v) is 5.04. The van der Waals surface area contributed by atoms with E-state index in [1.54, 1.807) is 4.90 Å². The molecule has 1 saturated heterocycles. The summed E-state index contributed by atoms with van der Waals surface area (Å²) in [5.41, 5.74) is 2.78. The second-order valence-electron chi connectivity index (χ2n) is 6.60. The van der Waals surface area contributed by atoms with Crippen LogP contribution in [0.25, 0.3) is 0 Å². The van der Waals surface area contributed by atoms with Crippen molar-refractivity contribution in [2.75, 3.05) is 13.1 Å². The second-order valence-corrected chi connectivity index (χ2v) is 6.60. The molecule has 1 aliphatic carbocycles. The van der Waals surface area contributed by atoms with Crippen LogP contribution in [0.2, 0.25) is 0 Å². The summed E-state index contributed by atoms with van der Waals surface area (Å²) < 4.78 is 0. The zero-order chi connectivity index (χ0) is 15.5. The van der Waals surface area contributed by atoms with E-state index in [9.17, 15) is 9.59 Å². The van der Waals surface area contributed by atoms with Gasteiger partial charge >= 0.3 is 5.97 Å². The van der Waals surface area contributed by atoms with Crippen LogP contribution in [-0.4, -0.2) is 35.0 Å². The van der Waals surface area contributed by atoms with Gasteiger partial charge in [0.1, 0.15) is 0 Å². The molecule has 1 aromatic rings. The predicted octanol–water partition coefficient (Wildman–Crippen LogP) is 2.50. The predicted molar refractivity (Wildman–Crippen MR) is 83.5 cm³/mol. The molecule has 1 fully saturated rings. The third kappa shape index (κ3) is 3.32. The molecule has 0 spiro atoms. The van der Waals surface area contributed by atoms with Crippen LogP contribution in [0.4, 0.5) is 0 Å². The van der Waals surface area contributed by atoms with E-state index in [4.69, 9.17) is 5.11 Å². The van der Waals surface area contributed by atoms with Crippen molar-refractivity contribution in [1.29, 1.82) is 0 Å². The van der Waals surface area contributed by atoms with Crippen LogP contribution in [-0.2, 0) is 22.4 Å². The van der Waals surface area contributed by atoms with Crippen LogP contribution in [0, 0.1) is 11.8 Å². The van der Waals surface area contributed by atoms with Crippen LogP contribution < -0.4 is 0 Å². The molecule has 2 atom stereocenters. The number of hydrogen-bond acceptors (Lipinski definition) is 2. The Hall–Kier alpha value is -1.84. The Morgan fingerprint density at radius 1 is 1.18 bits per heavy atom. The molecule has 0 bridgehead atoms. The van der Waals surface area contributed by atoms with Crippen molar-refractivity contribution in [3.05, 3.63) is 35.4 Å². The summed E-state index contributed by atoms with van der Waals surface area (Å²) in [5, 5.41) is 9.13. The van der Waals surface area contributed by atoms with Crippen molar-refractivity contribution in [1.82, 2.24) is 4.90 Å². The average Bonchev–Trinajstić information content (AvgIpc) is 2.55. The Morgan fingerprint density at radius 3 is 2.73 bits per heavy atom. The highest BCUT2D eigenvalue weighted by atomic mass is 16.4. The van der Waals surface area contributed by atoms with Crippen molar-refractivity contribution in [3.63, 3.8) is 0 Å². The average molecular weight is 301 g/mol. The summed E-state index contributed by atoms with van der Waals surface area (Å²) in [7, 11) is 0. The van der Waals surface area contributed by atoms with E-state index in [1.165, 1.54) is 11.1 Å². The van der Waals surface area contributed by atoms with Gasteiger partial charge in [0, 0.05) is 19.5 Å². The number of carboxylic acid groups (broad SMARTS) is 1. The van der Waals surface area contributed by atoms with Gasteiger partial charge in [-0.25, -0.2) is 0 Å². The van der Waals surface area contributed by atoms with Gasteiger partial charge in [-0.1, -0.05) is 24.3 Å². The maximum Gasteiger partial charge on any atom is 0.308 e. The number of piperidine rings is 1. The number of benzene rings is 1. The van der Waals surface area contributed by atoms with Gasteiger partial charge in [0.25, 0.3) is 0 Å². The molecule has 1 aromatic carbocycles. The van der Waals surface area contributed by atoms with E-state index in [2.05, 4.69) is 24.3 Å². The van der Waals surface area contributed by atoms with E-state index in [-0.39, 0.29) is 11.8 Å².